The van der Waals surface area contributed by atoms with Crippen molar-refractivity contribution in [2.24, 2.45) is 5.73 Å². The fraction of sp³-hybridized carbons (Fsp3) is 0.625. The Morgan fingerprint density at radius 2 is 1.95 bits per heavy atom. The normalized spacial score (nSPS) is 14.2. The van der Waals surface area contributed by atoms with Gasteiger partial charge in [-0.25, -0.2) is 8.78 Å². The summed E-state index contributed by atoms with van der Waals surface area (Å²) in [6, 6.07) is 3.41. The molecular formula is C16H25F2NO. The zero-order valence-corrected chi connectivity index (χ0v) is 12.4. The predicted octanol–water partition coefficient (Wildman–Crippen LogP) is 4.34. The summed E-state index contributed by atoms with van der Waals surface area (Å²) in [5.41, 5.74) is 6.03. The van der Waals surface area contributed by atoms with Crippen molar-refractivity contribution in [3.8, 4) is 0 Å². The Morgan fingerprint density at radius 1 is 1.20 bits per heavy atom. The molecular weight excluding hydrogens is 260 g/mol. The molecule has 0 spiro atoms. The molecule has 0 radical (unpaired) electrons. The van der Waals surface area contributed by atoms with E-state index in [2.05, 4.69) is 6.92 Å². The van der Waals surface area contributed by atoms with E-state index in [-0.39, 0.29) is 18.3 Å². The first-order chi connectivity index (χ1) is 9.56. The second-order valence-electron chi connectivity index (χ2n) is 5.24. The Morgan fingerprint density at radius 3 is 2.65 bits per heavy atom. The molecule has 1 rings (SSSR count). The van der Waals surface area contributed by atoms with Crippen LogP contribution in [0.3, 0.4) is 0 Å². The number of unbranched alkanes of at least 4 members (excludes halogenated alkanes) is 3. The summed E-state index contributed by atoms with van der Waals surface area (Å²) in [5.74, 6) is -1.75. The van der Waals surface area contributed by atoms with E-state index in [4.69, 9.17) is 10.5 Å². The van der Waals surface area contributed by atoms with Crippen molar-refractivity contribution in [2.45, 2.75) is 58.1 Å². The summed E-state index contributed by atoms with van der Waals surface area (Å²) in [6.07, 6.45) is 5.83. The molecule has 2 nitrogen and oxygen atoms in total. The monoisotopic (exact) mass is 285 g/mol. The molecule has 4 heteroatoms. The van der Waals surface area contributed by atoms with Crippen LogP contribution in [0.2, 0.25) is 0 Å². The van der Waals surface area contributed by atoms with E-state index in [0.29, 0.717) is 0 Å². The molecule has 0 aliphatic heterocycles. The topological polar surface area (TPSA) is 35.2 Å². The highest BCUT2D eigenvalue weighted by Crippen LogP contribution is 2.18. The van der Waals surface area contributed by atoms with Crippen LogP contribution in [0.5, 0.6) is 0 Å². The molecule has 2 unspecified atom stereocenters. The van der Waals surface area contributed by atoms with Crippen LogP contribution in [-0.4, -0.2) is 12.7 Å². The summed E-state index contributed by atoms with van der Waals surface area (Å²) in [6.45, 7) is 4.36. The molecule has 2 N–H and O–H groups in total. The Balaban J connectivity index is 2.35. The van der Waals surface area contributed by atoms with Gasteiger partial charge < -0.3 is 10.5 Å². The van der Waals surface area contributed by atoms with Gasteiger partial charge in [0.15, 0.2) is 11.6 Å². The van der Waals surface area contributed by atoms with Gasteiger partial charge in [-0.05, 0) is 19.4 Å². The van der Waals surface area contributed by atoms with E-state index in [0.717, 1.165) is 18.9 Å². The zero-order valence-electron chi connectivity index (χ0n) is 12.4. The zero-order chi connectivity index (χ0) is 15.0. The van der Waals surface area contributed by atoms with Gasteiger partial charge in [0.25, 0.3) is 0 Å². The van der Waals surface area contributed by atoms with Crippen molar-refractivity contribution in [3.63, 3.8) is 0 Å². The molecule has 0 bridgehead atoms. The van der Waals surface area contributed by atoms with Gasteiger partial charge in [0.1, 0.15) is 0 Å². The molecule has 0 aliphatic rings. The van der Waals surface area contributed by atoms with E-state index in [1.165, 1.54) is 31.4 Å². The Hall–Kier alpha value is -1.00. The van der Waals surface area contributed by atoms with E-state index >= 15 is 0 Å². The van der Waals surface area contributed by atoms with Crippen molar-refractivity contribution in [1.82, 2.24) is 0 Å². The maximum Gasteiger partial charge on any atom is 0.163 e. The summed E-state index contributed by atoms with van der Waals surface area (Å²) in [4.78, 5) is 0. The first-order valence-corrected chi connectivity index (χ1v) is 7.37. The van der Waals surface area contributed by atoms with E-state index in [1.807, 2.05) is 6.92 Å². The van der Waals surface area contributed by atoms with Gasteiger partial charge in [-0.15, -0.1) is 0 Å². The van der Waals surface area contributed by atoms with Gasteiger partial charge in [-0.3, -0.25) is 0 Å². The quantitative estimate of drug-likeness (QED) is 0.685. The standard InChI is InChI=1S/C16H25F2NO/c1-3-4-5-6-8-12(2)20-11-15(19)13-9-7-10-14(17)16(13)18/h7,9-10,12,15H,3-6,8,11,19H2,1-2H3. The molecule has 114 valence electrons. The average molecular weight is 285 g/mol. The van der Waals surface area contributed by atoms with Crippen LogP contribution in [0.4, 0.5) is 8.78 Å². The highest BCUT2D eigenvalue weighted by Gasteiger charge is 2.15. The summed E-state index contributed by atoms with van der Waals surface area (Å²) in [5, 5.41) is 0. The minimum absolute atomic E-state index is 0.0922. The number of benzene rings is 1. The fourth-order valence-electron chi connectivity index (χ4n) is 2.11. The lowest BCUT2D eigenvalue weighted by Gasteiger charge is -2.18. The second kappa shape index (κ2) is 9.03. The van der Waals surface area contributed by atoms with E-state index in [9.17, 15) is 8.78 Å². The van der Waals surface area contributed by atoms with Crippen molar-refractivity contribution in [2.75, 3.05) is 6.61 Å². The maximum atomic E-state index is 13.6. The number of nitrogens with two attached hydrogens (primary N) is 1. The molecule has 0 fully saturated rings. The van der Waals surface area contributed by atoms with Gasteiger partial charge in [0.05, 0.1) is 18.8 Å². The van der Waals surface area contributed by atoms with Gasteiger partial charge in [-0.1, -0.05) is 44.7 Å². The van der Waals surface area contributed by atoms with Crippen LogP contribution in [0.1, 0.15) is 57.6 Å². The number of hydrogen-bond acceptors (Lipinski definition) is 2. The third-order valence-electron chi connectivity index (χ3n) is 3.41. The lowest BCUT2D eigenvalue weighted by Crippen LogP contribution is -2.22. The maximum absolute atomic E-state index is 13.6. The molecule has 0 saturated carbocycles. The third-order valence-corrected chi connectivity index (χ3v) is 3.41. The van der Waals surface area contributed by atoms with Gasteiger partial charge in [-0.2, -0.15) is 0 Å². The van der Waals surface area contributed by atoms with E-state index in [1.54, 1.807) is 0 Å². The average Bonchev–Trinajstić information content (AvgIpc) is 2.44. The third kappa shape index (κ3) is 5.55. The smallest absolute Gasteiger partial charge is 0.163 e. The van der Waals surface area contributed by atoms with E-state index < -0.39 is 17.7 Å². The van der Waals surface area contributed by atoms with Crippen LogP contribution < -0.4 is 5.73 Å². The fourth-order valence-corrected chi connectivity index (χ4v) is 2.11. The summed E-state index contributed by atoms with van der Waals surface area (Å²) in [7, 11) is 0. The van der Waals surface area contributed by atoms with Crippen molar-refractivity contribution < 1.29 is 13.5 Å². The number of ether oxygens (including phenoxy) is 1. The molecule has 0 aliphatic carbocycles. The van der Waals surface area contributed by atoms with Crippen LogP contribution in [0, 0.1) is 11.6 Å². The van der Waals surface area contributed by atoms with Crippen LogP contribution in [0.15, 0.2) is 18.2 Å². The molecule has 1 aromatic carbocycles. The minimum Gasteiger partial charge on any atom is -0.377 e. The highest BCUT2D eigenvalue weighted by molar-refractivity contribution is 5.22. The second-order valence-corrected chi connectivity index (χ2v) is 5.24. The number of rotatable bonds is 9. The van der Waals surface area contributed by atoms with Crippen molar-refractivity contribution in [1.29, 1.82) is 0 Å². The molecule has 0 amide bonds. The van der Waals surface area contributed by atoms with Gasteiger partial charge in [0, 0.05) is 5.56 Å². The predicted molar refractivity (Wildman–Crippen MR) is 77.5 cm³/mol. The molecule has 0 aromatic heterocycles. The molecule has 2 atom stereocenters. The van der Waals surface area contributed by atoms with Crippen molar-refractivity contribution in [3.05, 3.63) is 35.4 Å². The number of hydrogen-bond donors (Lipinski definition) is 1. The Labute approximate surface area is 120 Å². The number of halogens is 2. The van der Waals surface area contributed by atoms with Crippen molar-refractivity contribution >= 4 is 0 Å². The van der Waals surface area contributed by atoms with Crippen LogP contribution in [0.25, 0.3) is 0 Å². The first-order valence-electron chi connectivity index (χ1n) is 7.37. The highest BCUT2D eigenvalue weighted by atomic mass is 19.2. The largest absolute Gasteiger partial charge is 0.377 e. The Bertz CT molecular complexity index is 398. The molecule has 20 heavy (non-hydrogen) atoms. The van der Waals surface area contributed by atoms with Gasteiger partial charge >= 0.3 is 0 Å². The lowest BCUT2D eigenvalue weighted by molar-refractivity contribution is 0.0485. The SMILES string of the molecule is CCCCCCC(C)OCC(N)c1cccc(F)c1F. The molecule has 1 aromatic rings. The Kier molecular flexibility index (Phi) is 7.70. The minimum atomic E-state index is -0.876. The van der Waals surface area contributed by atoms with Crippen LogP contribution >= 0.6 is 0 Å². The summed E-state index contributed by atoms with van der Waals surface area (Å²) < 4.78 is 32.3. The first kappa shape index (κ1) is 17.1. The lowest BCUT2D eigenvalue weighted by atomic mass is 10.1. The summed E-state index contributed by atoms with van der Waals surface area (Å²) >= 11 is 0. The molecule has 0 heterocycles. The van der Waals surface area contributed by atoms with Crippen LogP contribution in [-0.2, 0) is 4.74 Å². The van der Waals surface area contributed by atoms with Gasteiger partial charge in [0.2, 0.25) is 0 Å². The molecule has 0 saturated heterocycles.